The standard InChI is InChI=1S/C25H23N3O4S/c29-22(12-7-13-23-27-17-20(32-23)19-10-5-2-6-11-19)26-14-15-28-24(30)21(33-25(28)31)16-18-8-3-1-4-9-18/h1-6,8-11,16-17H,7,12-15H2,(H,26,29)/b21-16-. The molecule has 2 aromatic carbocycles. The van der Waals surface area contributed by atoms with Crippen LogP contribution < -0.4 is 5.32 Å². The summed E-state index contributed by atoms with van der Waals surface area (Å²) in [4.78, 5) is 42.7. The third kappa shape index (κ3) is 5.98. The van der Waals surface area contributed by atoms with Gasteiger partial charge in [0.2, 0.25) is 5.91 Å². The molecule has 0 aliphatic carbocycles. The highest BCUT2D eigenvalue weighted by atomic mass is 32.2. The second-order valence-electron chi connectivity index (χ2n) is 7.43. The maximum atomic E-state index is 12.5. The van der Waals surface area contributed by atoms with Crippen molar-refractivity contribution in [1.82, 2.24) is 15.2 Å². The first-order chi connectivity index (χ1) is 16.1. The van der Waals surface area contributed by atoms with E-state index in [0.29, 0.717) is 35.8 Å². The second kappa shape index (κ2) is 10.8. The first-order valence-corrected chi connectivity index (χ1v) is 11.5. The number of carbonyl (C=O) groups excluding carboxylic acids is 3. The van der Waals surface area contributed by atoms with Crippen LogP contribution in [0.5, 0.6) is 0 Å². The van der Waals surface area contributed by atoms with Gasteiger partial charge in [-0.05, 0) is 29.8 Å². The molecule has 2 heterocycles. The summed E-state index contributed by atoms with van der Waals surface area (Å²) in [6, 6.07) is 19.1. The van der Waals surface area contributed by atoms with Crippen LogP contribution in [0.4, 0.5) is 4.79 Å². The molecule has 1 N–H and O–H groups in total. The zero-order chi connectivity index (χ0) is 23.0. The number of aromatic nitrogens is 1. The summed E-state index contributed by atoms with van der Waals surface area (Å²) in [6.07, 6.45) is 4.83. The lowest BCUT2D eigenvalue weighted by Crippen LogP contribution is -2.37. The highest BCUT2D eigenvalue weighted by Gasteiger charge is 2.34. The van der Waals surface area contributed by atoms with Crippen LogP contribution >= 0.6 is 11.8 Å². The third-order valence-corrected chi connectivity index (χ3v) is 5.94. The molecular weight excluding hydrogens is 438 g/mol. The van der Waals surface area contributed by atoms with Crippen LogP contribution in [0.1, 0.15) is 24.3 Å². The number of thioether (sulfide) groups is 1. The molecule has 1 aliphatic rings. The van der Waals surface area contributed by atoms with E-state index in [2.05, 4.69) is 10.3 Å². The number of oxazole rings is 1. The number of aryl methyl sites for hydroxylation is 1. The number of amides is 3. The van der Waals surface area contributed by atoms with Gasteiger partial charge in [0, 0.05) is 31.5 Å². The summed E-state index contributed by atoms with van der Waals surface area (Å²) in [7, 11) is 0. The zero-order valence-electron chi connectivity index (χ0n) is 17.9. The molecule has 0 saturated carbocycles. The molecule has 0 atom stereocenters. The number of nitrogens with zero attached hydrogens (tertiary/aromatic N) is 2. The highest BCUT2D eigenvalue weighted by Crippen LogP contribution is 2.31. The second-order valence-corrected chi connectivity index (χ2v) is 8.43. The molecule has 1 aromatic heterocycles. The number of benzene rings is 2. The zero-order valence-corrected chi connectivity index (χ0v) is 18.7. The Labute approximate surface area is 195 Å². The first kappa shape index (κ1) is 22.5. The maximum Gasteiger partial charge on any atom is 0.293 e. The molecule has 4 rings (SSSR count). The van der Waals surface area contributed by atoms with Gasteiger partial charge < -0.3 is 9.73 Å². The van der Waals surface area contributed by atoms with Crippen LogP contribution in [-0.4, -0.2) is 40.0 Å². The van der Waals surface area contributed by atoms with E-state index in [1.165, 1.54) is 0 Å². The Hall–Kier alpha value is -3.65. The van der Waals surface area contributed by atoms with Crippen LogP contribution in [0.2, 0.25) is 0 Å². The summed E-state index contributed by atoms with van der Waals surface area (Å²) in [5.74, 6) is 0.816. The highest BCUT2D eigenvalue weighted by molar-refractivity contribution is 8.18. The van der Waals surface area contributed by atoms with Gasteiger partial charge >= 0.3 is 0 Å². The molecule has 0 unspecified atom stereocenters. The maximum absolute atomic E-state index is 12.5. The molecule has 168 valence electrons. The first-order valence-electron chi connectivity index (χ1n) is 10.7. The normalized spacial score (nSPS) is 14.8. The third-order valence-electron chi connectivity index (χ3n) is 5.03. The number of hydrogen-bond donors (Lipinski definition) is 1. The fourth-order valence-electron chi connectivity index (χ4n) is 3.35. The minimum Gasteiger partial charge on any atom is -0.441 e. The number of carbonyl (C=O) groups is 3. The summed E-state index contributed by atoms with van der Waals surface area (Å²) in [5.41, 5.74) is 1.82. The van der Waals surface area contributed by atoms with Gasteiger partial charge in [0.15, 0.2) is 11.7 Å². The van der Waals surface area contributed by atoms with E-state index in [1.54, 1.807) is 12.3 Å². The molecule has 1 saturated heterocycles. The molecule has 1 aliphatic heterocycles. The minimum atomic E-state index is -0.332. The van der Waals surface area contributed by atoms with E-state index in [0.717, 1.165) is 27.8 Å². The van der Waals surface area contributed by atoms with Gasteiger partial charge in [-0.25, -0.2) is 4.98 Å². The Bertz CT molecular complexity index is 1160. The summed E-state index contributed by atoms with van der Waals surface area (Å²) < 4.78 is 5.74. The van der Waals surface area contributed by atoms with Crippen LogP contribution in [0, 0.1) is 0 Å². The van der Waals surface area contributed by atoms with Crippen molar-refractivity contribution in [2.75, 3.05) is 13.1 Å². The van der Waals surface area contributed by atoms with Crippen molar-refractivity contribution in [2.45, 2.75) is 19.3 Å². The van der Waals surface area contributed by atoms with E-state index >= 15 is 0 Å². The molecular formula is C25H23N3O4S. The largest absolute Gasteiger partial charge is 0.441 e. The van der Waals surface area contributed by atoms with E-state index in [4.69, 9.17) is 4.42 Å². The molecule has 3 amide bonds. The van der Waals surface area contributed by atoms with Gasteiger partial charge in [-0.3, -0.25) is 19.3 Å². The van der Waals surface area contributed by atoms with Crippen molar-refractivity contribution in [1.29, 1.82) is 0 Å². The fraction of sp³-hybridized carbons (Fsp3) is 0.200. The topological polar surface area (TPSA) is 92.5 Å². The Balaban J connectivity index is 1.18. The Morgan fingerprint density at radius 2 is 1.79 bits per heavy atom. The van der Waals surface area contributed by atoms with Gasteiger partial charge in [-0.2, -0.15) is 0 Å². The van der Waals surface area contributed by atoms with Gasteiger partial charge in [0.25, 0.3) is 11.1 Å². The summed E-state index contributed by atoms with van der Waals surface area (Å²) in [5, 5.41) is 2.44. The van der Waals surface area contributed by atoms with Crippen LogP contribution in [0.25, 0.3) is 17.4 Å². The van der Waals surface area contributed by atoms with E-state index in [1.807, 2.05) is 60.7 Å². The molecule has 7 nitrogen and oxygen atoms in total. The average Bonchev–Trinajstić information content (AvgIpc) is 3.40. The van der Waals surface area contributed by atoms with Gasteiger partial charge in [-0.15, -0.1) is 0 Å². The van der Waals surface area contributed by atoms with Gasteiger partial charge in [-0.1, -0.05) is 60.7 Å². The molecule has 0 spiro atoms. The lowest BCUT2D eigenvalue weighted by molar-refractivity contribution is -0.124. The van der Waals surface area contributed by atoms with Crippen molar-refractivity contribution in [3.05, 3.63) is 83.2 Å². The molecule has 3 aromatic rings. The quantitative estimate of drug-likeness (QED) is 0.471. The van der Waals surface area contributed by atoms with Crippen molar-refractivity contribution in [3.8, 4) is 11.3 Å². The van der Waals surface area contributed by atoms with Crippen LogP contribution in [0.3, 0.4) is 0 Å². The van der Waals surface area contributed by atoms with Crippen molar-refractivity contribution in [2.24, 2.45) is 0 Å². The Morgan fingerprint density at radius 1 is 1.06 bits per heavy atom. The van der Waals surface area contributed by atoms with Crippen molar-refractivity contribution >= 4 is 34.9 Å². The SMILES string of the molecule is O=C(CCCc1ncc(-c2ccccc2)o1)NCCN1C(=O)S/C(=C\c2ccccc2)C1=O. The van der Waals surface area contributed by atoms with Gasteiger partial charge in [0.1, 0.15) is 0 Å². The number of rotatable bonds is 9. The summed E-state index contributed by atoms with van der Waals surface area (Å²) >= 11 is 0.916. The molecule has 0 bridgehead atoms. The Morgan fingerprint density at radius 3 is 2.55 bits per heavy atom. The van der Waals surface area contributed by atoms with E-state index < -0.39 is 0 Å². The van der Waals surface area contributed by atoms with Gasteiger partial charge in [0.05, 0.1) is 11.1 Å². The lowest BCUT2D eigenvalue weighted by Gasteiger charge is -2.12. The minimum absolute atomic E-state index is 0.142. The van der Waals surface area contributed by atoms with Crippen molar-refractivity contribution < 1.29 is 18.8 Å². The van der Waals surface area contributed by atoms with Crippen molar-refractivity contribution in [3.63, 3.8) is 0 Å². The number of nitrogens with one attached hydrogen (secondary N) is 1. The van der Waals surface area contributed by atoms with E-state index in [9.17, 15) is 14.4 Å². The average molecular weight is 462 g/mol. The lowest BCUT2D eigenvalue weighted by atomic mass is 10.2. The Kier molecular flexibility index (Phi) is 7.36. The van der Waals surface area contributed by atoms with E-state index in [-0.39, 0.29) is 30.1 Å². The monoisotopic (exact) mass is 461 g/mol. The van der Waals surface area contributed by atoms with Crippen LogP contribution in [0.15, 0.2) is 76.2 Å². The number of hydrogen-bond acceptors (Lipinski definition) is 6. The molecule has 1 fully saturated rings. The van der Waals surface area contributed by atoms with Crippen LogP contribution in [-0.2, 0) is 16.0 Å². The number of imide groups is 1. The molecule has 33 heavy (non-hydrogen) atoms. The molecule has 8 heteroatoms. The smallest absolute Gasteiger partial charge is 0.293 e. The fourth-order valence-corrected chi connectivity index (χ4v) is 4.22. The molecule has 0 radical (unpaired) electrons. The predicted octanol–water partition coefficient (Wildman–Crippen LogP) is 4.52. The predicted molar refractivity (Wildman–Crippen MR) is 127 cm³/mol. The summed E-state index contributed by atoms with van der Waals surface area (Å²) in [6.45, 7) is 0.357.